The Kier molecular flexibility index (Phi) is 5.81. The number of carbonyl (C=O) groups is 2. The zero-order chi connectivity index (χ0) is 20.4. The van der Waals surface area contributed by atoms with Gasteiger partial charge in [-0.15, -0.1) is 11.8 Å². The van der Waals surface area contributed by atoms with Gasteiger partial charge in [0.1, 0.15) is 6.04 Å². The number of rotatable bonds is 4. The lowest BCUT2D eigenvalue weighted by Crippen LogP contribution is -2.47. The zero-order valence-corrected chi connectivity index (χ0v) is 17.8. The highest BCUT2D eigenvalue weighted by atomic mass is 32.2. The molecule has 5 nitrogen and oxygen atoms in total. The molecule has 0 saturated carbocycles. The Morgan fingerprint density at radius 1 is 1.10 bits per heavy atom. The Hall–Kier alpha value is -2.47. The van der Waals surface area contributed by atoms with E-state index in [1.807, 2.05) is 29.2 Å². The summed E-state index contributed by atoms with van der Waals surface area (Å²) in [7, 11) is 0. The second kappa shape index (κ2) is 8.49. The van der Waals surface area contributed by atoms with Gasteiger partial charge in [0, 0.05) is 42.0 Å². The van der Waals surface area contributed by atoms with Gasteiger partial charge >= 0.3 is 0 Å². The molecule has 1 aromatic heterocycles. The predicted molar refractivity (Wildman–Crippen MR) is 118 cm³/mol. The minimum atomic E-state index is -0.327. The number of para-hydroxylation sites is 1. The Morgan fingerprint density at radius 2 is 1.83 bits per heavy atom. The number of thioether (sulfide) groups is 1. The summed E-state index contributed by atoms with van der Waals surface area (Å²) in [6, 6.07) is 12.0. The van der Waals surface area contributed by atoms with Gasteiger partial charge < -0.3 is 14.4 Å². The Balaban J connectivity index is 1.50. The first kappa shape index (κ1) is 19.8. The SMILES string of the molecule is Cc1cc(C=CC(=O)N2CSCC2C(=O)N2CCCC2)c(C)n1-c1ccccc1. The van der Waals surface area contributed by atoms with Gasteiger partial charge in [-0.3, -0.25) is 9.59 Å². The lowest BCUT2D eigenvalue weighted by Gasteiger charge is -2.26. The number of hydrogen-bond acceptors (Lipinski definition) is 3. The molecule has 1 unspecified atom stereocenters. The predicted octanol–water partition coefficient (Wildman–Crippen LogP) is 3.63. The molecule has 2 aliphatic heterocycles. The maximum atomic E-state index is 12.9. The molecule has 0 spiro atoms. The van der Waals surface area contributed by atoms with Gasteiger partial charge in [0.15, 0.2) is 0 Å². The zero-order valence-electron chi connectivity index (χ0n) is 17.0. The fourth-order valence-electron chi connectivity index (χ4n) is 4.20. The standard InChI is InChI=1S/C23H27N3O2S/c1-17-14-19(18(2)26(17)20-8-4-3-5-9-20)10-11-22(27)25-16-29-15-21(25)23(28)24-12-6-7-13-24/h3-5,8-11,14,21H,6-7,12-13,15-16H2,1-2H3. The smallest absolute Gasteiger partial charge is 0.247 e. The summed E-state index contributed by atoms with van der Waals surface area (Å²) in [5, 5.41) is 0. The van der Waals surface area contributed by atoms with Gasteiger partial charge in [0.25, 0.3) is 0 Å². The van der Waals surface area contributed by atoms with Gasteiger partial charge in [-0.25, -0.2) is 0 Å². The van der Waals surface area contributed by atoms with Crippen LogP contribution in [0.3, 0.4) is 0 Å². The third kappa shape index (κ3) is 3.99. The van der Waals surface area contributed by atoms with E-state index in [1.54, 1.807) is 22.7 Å². The molecule has 3 heterocycles. The number of aryl methyl sites for hydroxylation is 1. The van der Waals surface area contributed by atoms with Crippen LogP contribution >= 0.6 is 11.8 Å². The number of carbonyl (C=O) groups excluding carboxylic acids is 2. The van der Waals surface area contributed by atoms with Crippen molar-refractivity contribution >= 4 is 29.7 Å². The number of amides is 2. The second-order valence-electron chi connectivity index (χ2n) is 7.69. The molecule has 4 rings (SSSR count). The van der Waals surface area contributed by atoms with Crippen LogP contribution in [0, 0.1) is 13.8 Å². The Labute approximate surface area is 176 Å². The van der Waals surface area contributed by atoms with Gasteiger partial charge in [0.2, 0.25) is 11.8 Å². The van der Waals surface area contributed by atoms with Crippen molar-refractivity contribution < 1.29 is 9.59 Å². The van der Waals surface area contributed by atoms with Crippen LogP contribution in [0.5, 0.6) is 0 Å². The van der Waals surface area contributed by atoms with Crippen LogP contribution in [0.1, 0.15) is 29.8 Å². The second-order valence-corrected chi connectivity index (χ2v) is 8.69. The molecule has 2 aromatic rings. The molecule has 6 heteroatoms. The van der Waals surface area contributed by atoms with Crippen molar-refractivity contribution in [2.24, 2.45) is 0 Å². The molecule has 1 aromatic carbocycles. The van der Waals surface area contributed by atoms with Crippen molar-refractivity contribution in [1.82, 2.24) is 14.4 Å². The highest BCUT2D eigenvalue weighted by molar-refractivity contribution is 7.99. The molecule has 0 radical (unpaired) electrons. The first-order valence-electron chi connectivity index (χ1n) is 10.2. The highest BCUT2D eigenvalue weighted by Gasteiger charge is 2.36. The fourth-order valence-corrected chi connectivity index (χ4v) is 5.36. The average molecular weight is 410 g/mol. The van der Waals surface area contributed by atoms with E-state index in [9.17, 15) is 9.59 Å². The summed E-state index contributed by atoms with van der Waals surface area (Å²) in [5.41, 5.74) is 4.35. The van der Waals surface area contributed by atoms with Crippen molar-refractivity contribution in [3.63, 3.8) is 0 Å². The van der Waals surface area contributed by atoms with Crippen LogP contribution < -0.4 is 0 Å². The topological polar surface area (TPSA) is 45.6 Å². The lowest BCUT2D eigenvalue weighted by molar-refractivity contribution is -0.140. The van der Waals surface area contributed by atoms with Crippen LogP contribution in [0.2, 0.25) is 0 Å². The van der Waals surface area contributed by atoms with Crippen LogP contribution in [-0.2, 0) is 9.59 Å². The Bertz CT molecular complexity index is 929. The van der Waals surface area contributed by atoms with E-state index >= 15 is 0 Å². The van der Waals surface area contributed by atoms with Crippen LogP contribution in [-0.4, -0.2) is 56.9 Å². The third-order valence-electron chi connectivity index (χ3n) is 5.76. The van der Waals surface area contributed by atoms with E-state index in [4.69, 9.17) is 0 Å². The molecule has 1 atom stereocenters. The summed E-state index contributed by atoms with van der Waals surface area (Å²) < 4.78 is 2.19. The van der Waals surface area contributed by atoms with Crippen molar-refractivity contribution in [2.45, 2.75) is 32.7 Å². The third-order valence-corrected chi connectivity index (χ3v) is 6.77. The molecular formula is C23H27N3O2S. The van der Waals surface area contributed by atoms with Gasteiger partial charge in [0.05, 0.1) is 5.88 Å². The number of hydrogen-bond donors (Lipinski definition) is 0. The van der Waals surface area contributed by atoms with Crippen LogP contribution in [0.25, 0.3) is 11.8 Å². The molecule has 2 amide bonds. The molecule has 0 bridgehead atoms. The molecule has 0 aliphatic carbocycles. The first-order valence-corrected chi connectivity index (χ1v) is 11.3. The van der Waals surface area contributed by atoms with E-state index in [0.717, 1.165) is 48.6 Å². The van der Waals surface area contributed by atoms with E-state index in [0.29, 0.717) is 11.6 Å². The lowest BCUT2D eigenvalue weighted by atomic mass is 10.2. The Morgan fingerprint density at radius 3 is 2.55 bits per heavy atom. The molecule has 152 valence electrons. The maximum Gasteiger partial charge on any atom is 0.247 e. The molecular weight excluding hydrogens is 382 g/mol. The van der Waals surface area contributed by atoms with E-state index < -0.39 is 0 Å². The molecule has 29 heavy (non-hydrogen) atoms. The summed E-state index contributed by atoms with van der Waals surface area (Å²) in [4.78, 5) is 29.3. The first-order chi connectivity index (χ1) is 14.1. The van der Waals surface area contributed by atoms with E-state index in [2.05, 4.69) is 36.6 Å². The van der Waals surface area contributed by atoms with Crippen molar-refractivity contribution in [3.8, 4) is 5.69 Å². The number of aromatic nitrogens is 1. The van der Waals surface area contributed by atoms with E-state index in [-0.39, 0.29) is 17.9 Å². The van der Waals surface area contributed by atoms with Gasteiger partial charge in [-0.2, -0.15) is 0 Å². The minimum absolute atomic E-state index is 0.0861. The number of nitrogens with zero attached hydrogens (tertiary/aromatic N) is 3. The van der Waals surface area contributed by atoms with Crippen molar-refractivity contribution in [3.05, 3.63) is 59.4 Å². The van der Waals surface area contributed by atoms with Gasteiger partial charge in [-0.1, -0.05) is 18.2 Å². The summed E-state index contributed by atoms with van der Waals surface area (Å²) in [5.74, 6) is 1.29. The minimum Gasteiger partial charge on any atom is -0.341 e. The number of likely N-dealkylation sites (tertiary alicyclic amines) is 1. The maximum absolute atomic E-state index is 12.9. The normalized spacial score (nSPS) is 19.4. The van der Waals surface area contributed by atoms with Crippen molar-refractivity contribution in [2.75, 3.05) is 24.7 Å². The quantitative estimate of drug-likeness (QED) is 0.725. The fraction of sp³-hybridized carbons (Fsp3) is 0.391. The van der Waals surface area contributed by atoms with E-state index in [1.165, 1.54) is 0 Å². The van der Waals surface area contributed by atoms with Crippen LogP contribution in [0.4, 0.5) is 0 Å². The molecule has 2 saturated heterocycles. The molecule has 2 fully saturated rings. The summed E-state index contributed by atoms with van der Waals surface area (Å²) in [6.45, 7) is 5.78. The number of benzene rings is 1. The van der Waals surface area contributed by atoms with Gasteiger partial charge in [-0.05, 0) is 56.5 Å². The monoisotopic (exact) mass is 409 g/mol. The summed E-state index contributed by atoms with van der Waals surface area (Å²) in [6.07, 6.45) is 5.63. The van der Waals surface area contributed by atoms with Crippen LogP contribution in [0.15, 0.2) is 42.5 Å². The molecule has 2 aliphatic rings. The van der Waals surface area contributed by atoms with Crippen molar-refractivity contribution in [1.29, 1.82) is 0 Å². The average Bonchev–Trinajstić information content (AvgIpc) is 3.47. The summed E-state index contributed by atoms with van der Waals surface area (Å²) >= 11 is 1.65. The largest absolute Gasteiger partial charge is 0.341 e. The molecule has 0 N–H and O–H groups in total. The highest BCUT2D eigenvalue weighted by Crippen LogP contribution is 2.25.